The van der Waals surface area contributed by atoms with Gasteiger partial charge in [-0.25, -0.2) is 4.98 Å². The molecule has 0 amide bonds. The van der Waals surface area contributed by atoms with Crippen LogP contribution in [0.15, 0.2) is 12.1 Å². The third-order valence-corrected chi connectivity index (χ3v) is 5.35. The van der Waals surface area contributed by atoms with E-state index in [0.717, 1.165) is 17.7 Å². The molecular weight excluding hydrogens is 260 g/mol. The SMILES string of the molecule is COc1ccc2nc(N)n(CC3(SC)CCC3)c2n1. The number of imidazole rings is 1. The fourth-order valence-corrected chi connectivity index (χ4v) is 3.51. The van der Waals surface area contributed by atoms with E-state index in [2.05, 4.69) is 16.2 Å². The maximum Gasteiger partial charge on any atom is 0.215 e. The molecule has 2 aromatic rings. The molecule has 0 bridgehead atoms. The summed E-state index contributed by atoms with van der Waals surface area (Å²) >= 11 is 1.92. The van der Waals surface area contributed by atoms with E-state index in [4.69, 9.17) is 10.5 Å². The van der Waals surface area contributed by atoms with Gasteiger partial charge in [0.2, 0.25) is 11.8 Å². The van der Waals surface area contributed by atoms with Gasteiger partial charge in [0, 0.05) is 17.4 Å². The smallest absolute Gasteiger partial charge is 0.215 e. The van der Waals surface area contributed by atoms with Crippen molar-refractivity contribution in [2.45, 2.75) is 30.6 Å². The molecule has 0 spiro atoms. The molecule has 0 unspecified atom stereocenters. The van der Waals surface area contributed by atoms with Crippen molar-refractivity contribution >= 4 is 28.9 Å². The van der Waals surface area contributed by atoms with Crippen molar-refractivity contribution in [1.29, 1.82) is 0 Å². The van der Waals surface area contributed by atoms with Crippen LogP contribution in [0.1, 0.15) is 19.3 Å². The van der Waals surface area contributed by atoms with Crippen LogP contribution in [0.2, 0.25) is 0 Å². The number of thioether (sulfide) groups is 1. The van der Waals surface area contributed by atoms with E-state index in [-0.39, 0.29) is 0 Å². The average Bonchev–Trinajstić information content (AvgIpc) is 2.69. The number of hydrogen-bond donors (Lipinski definition) is 1. The molecule has 0 aliphatic heterocycles. The van der Waals surface area contributed by atoms with Crippen LogP contribution >= 0.6 is 11.8 Å². The summed E-state index contributed by atoms with van der Waals surface area (Å²) in [6.45, 7) is 0.872. The number of pyridine rings is 1. The van der Waals surface area contributed by atoms with Crippen LogP contribution in [0.4, 0.5) is 5.95 Å². The first kappa shape index (κ1) is 12.6. The molecule has 1 aliphatic rings. The maximum atomic E-state index is 6.05. The average molecular weight is 278 g/mol. The monoisotopic (exact) mass is 278 g/mol. The Kier molecular flexibility index (Phi) is 3.05. The van der Waals surface area contributed by atoms with E-state index in [0.29, 0.717) is 16.6 Å². The predicted molar refractivity (Wildman–Crippen MR) is 78.6 cm³/mol. The van der Waals surface area contributed by atoms with Gasteiger partial charge in [-0.3, -0.25) is 4.57 Å². The molecule has 1 saturated carbocycles. The minimum atomic E-state index is 0.298. The number of fused-ring (bicyclic) bond motifs is 1. The molecule has 6 heteroatoms. The zero-order valence-corrected chi connectivity index (χ0v) is 12.0. The van der Waals surface area contributed by atoms with Crippen LogP contribution in [-0.2, 0) is 6.54 Å². The molecule has 2 heterocycles. The first-order valence-corrected chi connectivity index (χ1v) is 7.62. The van der Waals surface area contributed by atoms with E-state index in [1.165, 1.54) is 19.3 Å². The van der Waals surface area contributed by atoms with Crippen LogP contribution in [-0.4, -0.2) is 32.6 Å². The van der Waals surface area contributed by atoms with Gasteiger partial charge in [-0.2, -0.15) is 16.7 Å². The van der Waals surface area contributed by atoms with Crippen molar-refractivity contribution in [3.8, 4) is 5.88 Å². The Balaban J connectivity index is 2.04. The number of aromatic nitrogens is 3. The molecule has 3 rings (SSSR count). The summed E-state index contributed by atoms with van der Waals surface area (Å²) in [5.41, 5.74) is 7.69. The summed E-state index contributed by atoms with van der Waals surface area (Å²) in [5, 5.41) is 0. The van der Waals surface area contributed by atoms with E-state index in [1.54, 1.807) is 7.11 Å². The summed E-state index contributed by atoms with van der Waals surface area (Å²) in [4.78, 5) is 8.86. The highest BCUT2D eigenvalue weighted by Gasteiger charge is 2.37. The molecule has 102 valence electrons. The molecule has 1 fully saturated rings. The zero-order valence-electron chi connectivity index (χ0n) is 11.2. The maximum absolute atomic E-state index is 6.05. The highest BCUT2D eigenvalue weighted by Crippen LogP contribution is 2.44. The minimum absolute atomic E-state index is 0.298. The van der Waals surface area contributed by atoms with Crippen molar-refractivity contribution in [3.63, 3.8) is 0 Å². The number of nitrogens with two attached hydrogens (primary N) is 1. The van der Waals surface area contributed by atoms with Crippen molar-refractivity contribution in [3.05, 3.63) is 12.1 Å². The lowest BCUT2D eigenvalue weighted by molar-refractivity contribution is 0.325. The Morgan fingerprint density at radius 2 is 2.21 bits per heavy atom. The summed E-state index contributed by atoms with van der Waals surface area (Å²) < 4.78 is 7.50. The van der Waals surface area contributed by atoms with Crippen LogP contribution in [0.25, 0.3) is 11.2 Å². The van der Waals surface area contributed by atoms with Crippen molar-refractivity contribution in [1.82, 2.24) is 14.5 Å². The predicted octanol–water partition coefficient (Wildman–Crippen LogP) is 2.31. The van der Waals surface area contributed by atoms with Crippen LogP contribution < -0.4 is 10.5 Å². The van der Waals surface area contributed by atoms with Gasteiger partial charge in [-0.1, -0.05) is 6.42 Å². The summed E-state index contributed by atoms with van der Waals surface area (Å²) in [7, 11) is 1.62. The normalized spacial score (nSPS) is 17.4. The first-order valence-electron chi connectivity index (χ1n) is 6.39. The largest absolute Gasteiger partial charge is 0.481 e. The number of nitrogen functional groups attached to an aromatic ring is 1. The van der Waals surface area contributed by atoms with Crippen molar-refractivity contribution in [2.75, 3.05) is 19.1 Å². The van der Waals surface area contributed by atoms with Crippen LogP contribution in [0.5, 0.6) is 5.88 Å². The summed E-state index contributed by atoms with van der Waals surface area (Å²) in [6, 6.07) is 3.72. The molecule has 0 aromatic carbocycles. The van der Waals surface area contributed by atoms with E-state index in [9.17, 15) is 0 Å². The molecule has 0 saturated heterocycles. The third kappa shape index (κ3) is 2.04. The Morgan fingerprint density at radius 1 is 1.42 bits per heavy atom. The lowest BCUT2D eigenvalue weighted by Crippen LogP contribution is -2.38. The van der Waals surface area contributed by atoms with Crippen molar-refractivity contribution in [2.24, 2.45) is 0 Å². The Hall–Kier alpha value is -1.43. The highest BCUT2D eigenvalue weighted by atomic mass is 32.2. The minimum Gasteiger partial charge on any atom is -0.481 e. The molecule has 5 nitrogen and oxygen atoms in total. The molecule has 0 atom stereocenters. The van der Waals surface area contributed by atoms with Gasteiger partial charge in [0.25, 0.3) is 0 Å². The number of anilines is 1. The number of rotatable bonds is 4. The zero-order chi connectivity index (χ0) is 13.5. The Labute approximate surface area is 116 Å². The van der Waals surface area contributed by atoms with Gasteiger partial charge >= 0.3 is 0 Å². The van der Waals surface area contributed by atoms with Gasteiger partial charge in [0.05, 0.1) is 7.11 Å². The quantitative estimate of drug-likeness (QED) is 0.929. The Morgan fingerprint density at radius 3 is 2.79 bits per heavy atom. The second kappa shape index (κ2) is 4.59. The molecule has 2 N–H and O–H groups in total. The summed E-state index contributed by atoms with van der Waals surface area (Å²) in [5.74, 6) is 1.14. The lowest BCUT2D eigenvalue weighted by Gasteiger charge is -2.40. The summed E-state index contributed by atoms with van der Waals surface area (Å²) in [6.07, 6.45) is 5.93. The number of methoxy groups -OCH3 is 1. The third-order valence-electron chi connectivity index (χ3n) is 3.95. The number of nitrogens with zero attached hydrogens (tertiary/aromatic N) is 3. The van der Waals surface area contributed by atoms with Crippen LogP contribution in [0.3, 0.4) is 0 Å². The van der Waals surface area contributed by atoms with Gasteiger partial charge < -0.3 is 10.5 Å². The standard InChI is InChI=1S/C13H18N4OS/c1-18-10-5-4-9-11(16-10)17(12(14)15-9)8-13(19-2)6-3-7-13/h4-5H,3,6-8H2,1-2H3,(H2,14,15). The second-order valence-corrected chi connectivity index (χ2v) is 6.27. The second-order valence-electron chi connectivity index (χ2n) is 4.99. The van der Waals surface area contributed by atoms with Crippen LogP contribution in [0, 0.1) is 0 Å². The number of hydrogen-bond acceptors (Lipinski definition) is 5. The van der Waals surface area contributed by atoms with E-state index < -0.39 is 0 Å². The molecule has 2 aromatic heterocycles. The van der Waals surface area contributed by atoms with E-state index in [1.807, 2.05) is 28.5 Å². The molecule has 0 radical (unpaired) electrons. The van der Waals surface area contributed by atoms with Crippen molar-refractivity contribution < 1.29 is 4.74 Å². The molecule has 1 aliphatic carbocycles. The van der Waals surface area contributed by atoms with Gasteiger partial charge in [-0.15, -0.1) is 0 Å². The van der Waals surface area contributed by atoms with Gasteiger partial charge in [0.15, 0.2) is 5.65 Å². The lowest BCUT2D eigenvalue weighted by atomic mass is 9.84. The fourth-order valence-electron chi connectivity index (χ4n) is 2.56. The molecular formula is C13H18N4OS. The highest BCUT2D eigenvalue weighted by molar-refractivity contribution is 8.00. The van der Waals surface area contributed by atoms with Gasteiger partial charge in [0.1, 0.15) is 5.52 Å². The first-order chi connectivity index (χ1) is 9.17. The fraction of sp³-hybridized carbons (Fsp3) is 0.538. The van der Waals surface area contributed by atoms with Gasteiger partial charge in [-0.05, 0) is 25.2 Å². The Bertz CT molecular complexity index is 600. The number of ether oxygens (including phenoxy) is 1. The molecule has 19 heavy (non-hydrogen) atoms. The van der Waals surface area contributed by atoms with E-state index >= 15 is 0 Å². The topological polar surface area (TPSA) is 66.0 Å².